The molecule has 0 radical (unpaired) electrons. The van der Waals surface area contributed by atoms with Gasteiger partial charge in [0.05, 0.1) is 0 Å². The highest BCUT2D eigenvalue weighted by Crippen LogP contribution is 2.03. The van der Waals surface area contributed by atoms with E-state index in [9.17, 15) is 4.79 Å². The summed E-state index contributed by atoms with van der Waals surface area (Å²) in [5.74, 6) is -0.0917. The number of nitrogens with two attached hydrogens (primary N) is 1. The third-order valence-corrected chi connectivity index (χ3v) is 2.28. The van der Waals surface area contributed by atoms with Crippen molar-refractivity contribution < 1.29 is 4.79 Å². The Kier molecular flexibility index (Phi) is 5.75. The number of hydrogen-bond acceptors (Lipinski definition) is 2. The van der Waals surface area contributed by atoms with Gasteiger partial charge in [0.25, 0.3) is 0 Å². The van der Waals surface area contributed by atoms with E-state index < -0.39 is 0 Å². The molecule has 3 heteroatoms. The van der Waals surface area contributed by atoms with E-state index in [1.807, 2.05) is 43.3 Å². The average Bonchev–Trinajstić information content (AvgIpc) is 2.37. The Morgan fingerprint density at radius 2 is 1.88 bits per heavy atom. The molecule has 17 heavy (non-hydrogen) atoms. The quantitative estimate of drug-likeness (QED) is 0.599. The number of hydrogen-bond donors (Lipinski definition) is 2. The van der Waals surface area contributed by atoms with Gasteiger partial charge in [0.2, 0.25) is 5.91 Å². The second-order valence-electron chi connectivity index (χ2n) is 3.62. The lowest BCUT2D eigenvalue weighted by molar-refractivity contribution is -0.116. The standard InChI is InChI=1S/C14H18N2O/c1-2-3-4-5-14(17)16-11-13-8-6-12(10-15)7-9-13/h2-9H,10-11,15H2,1H3,(H,16,17). The van der Waals surface area contributed by atoms with Crippen molar-refractivity contribution in [2.24, 2.45) is 5.73 Å². The zero-order chi connectivity index (χ0) is 12.5. The van der Waals surface area contributed by atoms with Crippen molar-refractivity contribution >= 4 is 5.91 Å². The monoisotopic (exact) mass is 230 g/mol. The fourth-order valence-electron chi connectivity index (χ4n) is 1.30. The maximum atomic E-state index is 11.4. The number of carbonyl (C=O) groups is 1. The Balaban J connectivity index is 2.41. The van der Waals surface area contributed by atoms with Crippen LogP contribution in [0.2, 0.25) is 0 Å². The largest absolute Gasteiger partial charge is 0.348 e. The SMILES string of the molecule is CC=CC=CC(=O)NCc1ccc(CN)cc1. The summed E-state index contributed by atoms with van der Waals surface area (Å²) in [6, 6.07) is 7.88. The summed E-state index contributed by atoms with van der Waals surface area (Å²) in [6.07, 6.45) is 6.91. The van der Waals surface area contributed by atoms with Gasteiger partial charge in [-0.1, -0.05) is 42.5 Å². The maximum absolute atomic E-state index is 11.4. The van der Waals surface area contributed by atoms with Gasteiger partial charge in [-0.05, 0) is 18.1 Å². The van der Waals surface area contributed by atoms with E-state index in [4.69, 9.17) is 5.73 Å². The first-order valence-electron chi connectivity index (χ1n) is 5.61. The highest BCUT2D eigenvalue weighted by molar-refractivity contribution is 5.87. The van der Waals surface area contributed by atoms with Crippen molar-refractivity contribution in [2.45, 2.75) is 20.0 Å². The summed E-state index contributed by atoms with van der Waals surface area (Å²) >= 11 is 0. The molecule has 0 fully saturated rings. The van der Waals surface area contributed by atoms with E-state index in [2.05, 4.69) is 5.32 Å². The van der Waals surface area contributed by atoms with Crippen LogP contribution in [0.25, 0.3) is 0 Å². The van der Waals surface area contributed by atoms with Crippen LogP contribution in [0.15, 0.2) is 48.6 Å². The normalized spacial score (nSPS) is 11.2. The first kappa shape index (κ1) is 13.2. The van der Waals surface area contributed by atoms with Crippen LogP contribution in [-0.4, -0.2) is 5.91 Å². The number of allylic oxidation sites excluding steroid dienone is 3. The van der Waals surface area contributed by atoms with Crippen LogP contribution in [0.4, 0.5) is 0 Å². The minimum absolute atomic E-state index is 0.0917. The molecule has 0 aliphatic heterocycles. The number of amides is 1. The highest BCUT2D eigenvalue weighted by Gasteiger charge is 1.96. The topological polar surface area (TPSA) is 55.1 Å². The molecule has 1 aromatic rings. The van der Waals surface area contributed by atoms with Crippen molar-refractivity contribution in [3.63, 3.8) is 0 Å². The van der Waals surface area contributed by atoms with Gasteiger partial charge in [-0.2, -0.15) is 0 Å². The number of carbonyl (C=O) groups excluding carboxylic acids is 1. The van der Waals surface area contributed by atoms with Gasteiger partial charge in [0, 0.05) is 19.2 Å². The summed E-state index contributed by atoms with van der Waals surface area (Å²) in [5, 5.41) is 2.80. The second-order valence-corrected chi connectivity index (χ2v) is 3.62. The number of nitrogens with one attached hydrogen (secondary N) is 1. The van der Waals surface area contributed by atoms with Crippen LogP contribution in [-0.2, 0) is 17.9 Å². The molecule has 1 rings (SSSR count). The predicted molar refractivity (Wildman–Crippen MR) is 70.1 cm³/mol. The van der Waals surface area contributed by atoms with Crippen molar-refractivity contribution in [1.29, 1.82) is 0 Å². The molecule has 1 amide bonds. The van der Waals surface area contributed by atoms with Crippen LogP contribution in [0.1, 0.15) is 18.1 Å². The van der Waals surface area contributed by atoms with Gasteiger partial charge in [-0.3, -0.25) is 4.79 Å². The number of benzene rings is 1. The Labute approximate surface area is 102 Å². The summed E-state index contributed by atoms with van der Waals surface area (Å²) in [6.45, 7) is 2.98. The van der Waals surface area contributed by atoms with Gasteiger partial charge in [-0.15, -0.1) is 0 Å². The molecule has 0 aliphatic carbocycles. The summed E-state index contributed by atoms with van der Waals surface area (Å²) in [4.78, 5) is 11.4. The molecular weight excluding hydrogens is 212 g/mol. The zero-order valence-electron chi connectivity index (χ0n) is 10.0. The Morgan fingerprint density at radius 1 is 1.24 bits per heavy atom. The Hall–Kier alpha value is -1.87. The van der Waals surface area contributed by atoms with E-state index in [0.29, 0.717) is 13.1 Å². The fourth-order valence-corrected chi connectivity index (χ4v) is 1.30. The van der Waals surface area contributed by atoms with Crippen LogP contribution < -0.4 is 11.1 Å². The third kappa shape index (κ3) is 5.13. The van der Waals surface area contributed by atoms with Gasteiger partial charge in [-0.25, -0.2) is 0 Å². The molecule has 0 aliphatic rings. The number of rotatable bonds is 5. The molecule has 0 aromatic heterocycles. The minimum Gasteiger partial charge on any atom is -0.348 e. The molecule has 0 heterocycles. The molecule has 90 valence electrons. The predicted octanol–water partition coefficient (Wildman–Crippen LogP) is 1.89. The zero-order valence-corrected chi connectivity index (χ0v) is 10.0. The molecule has 0 bridgehead atoms. The van der Waals surface area contributed by atoms with E-state index >= 15 is 0 Å². The third-order valence-electron chi connectivity index (χ3n) is 2.28. The highest BCUT2D eigenvalue weighted by atomic mass is 16.1. The van der Waals surface area contributed by atoms with E-state index in [1.54, 1.807) is 6.08 Å². The summed E-state index contributed by atoms with van der Waals surface area (Å²) in [7, 11) is 0. The van der Waals surface area contributed by atoms with Crippen LogP contribution in [0, 0.1) is 0 Å². The molecule has 0 saturated carbocycles. The first-order valence-corrected chi connectivity index (χ1v) is 5.61. The molecule has 0 spiro atoms. The lowest BCUT2D eigenvalue weighted by Gasteiger charge is -2.03. The van der Waals surface area contributed by atoms with E-state index in [0.717, 1.165) is 11.1 Å². The summed E-state index contributed by atoms with van der Waals surface area (Å²) in [5.41, 5.74) is 7.66. The molecule has 0 unspecified atom stereocenters. The van der Waals surface area contributed by atoms with Gasteiger partial charge in [0.15, 0.2) is 0 Å². The molecule has 0 atom stereocenters. The first-order chi connectivity index (χ1) is 8.26. The molecule has 0 saturated heterocycles. The van der Waals surface area contributed by atoms with Crippen molar-refractivity contribution in [3.05, 3.63) is 59.7 Å². The Morgan fingerprint density at radius 3 is 2.47 bits per heavy atom. The molecule has 3 nitrogen and oxygen atoms in total. The summed E-state index contributed by atoms with van der Waals surface area (Å²) < 4.78 is 0. The van der Waals surface area contributed by atoms with E-state index in [1.165, 1.54) is 6.08 Å². The fraction of sp³-hybridized carbons (Fsp3) is 0.214. The molecule has 3 N–H and O–H groups in total. The lowest BCUT2D eigenvalue weighted by Crippen LogP contribution is -2.20. The maximum Gasteiger partial charge on any atom is 0.244 e. The lowest BCUT2D eigenvalue weighted by atomic mass is 10.1. The average molecular weight is 230 g/mol. The van der Waals surface area contributed by atoms with Crippen LogP contribution in [0.3, 0.4) is 0 Å². The van der Waals surface area contributed by atoms with Gasteiger partial charge in [0.1, 0.15) is 0 Å². The smallest absolute Gasteiger partial charge is 0.244 e. The van der Waals surface area contributed by atoms with Crippen molar-refractivity contribution in [1.82, 2.24) is 5.32 Å². The van der Waals surface area contributed by atoms with Gasteiger partial charge >= 0.3 is 0 Å². The molecule has 1 aromatic carbocycles. The van der Waals surface area contributed by atoms with Gasteiger partial charge < -0.3 is 11.1 Å². The van der Waals surface area contributed by atoms with E-state index in [-0.39, 0.29) is 5.91 Å². The Bertz CT molecular complexity index is 405. The van der Waals surface area contributed by atoms with Crippen molar-refractivity contribution in [2.75, 3.05) is 0 Å². The van der Waals surface area contributed by atoms with Crippen molar-refractivity contribution in [3.8, 4) is 0 Å². The minimum atomic E-state index is -0.0917. The second kappa shape index (κ2) is 7.41. The van der Waals surface area contributed by atoms with Crippen LogP contribution in [0.5, 0.6) is 0 Å². The molecular formula is C14H18N2O. The van der Waals surface area contributed by atoms with Crippen LogP contribution >= 0.6 is 0 Å².